The average molecular weight is 348 g/mol. The van der Waals surface area contributed by atoms with Crippen LogP contribution in [0, 0.1) is 17.3 Å². The second-order valence-electron chi connectivity index (χ2n) is 8.82. The third kappa shape index (κ3) is 4.94. The van der Waals surface area contributed by atoms with Crippen molar-refractivity contribution in [1.82, 2.24) is 5.16 Å². The summed E-state index contributed by atoms with van der Waals surface area (Å²) >= 11 is 0. The van der Waals surface area contributed by atoms with Crippen LogP contribution in [0.4, 0.5) is 5.82 Å². The normalized spacial score (nSPS) is 16.4. The number of aliphatic hydroxyl groups excluding tert-OH is 1. The van der Waals surface area contributed by atoms with Gasteiger partial charge in [0, 0.05) is 11.5 Å². The Kier molecular flexibility index (Phi) is 5.77. The molecule has 1 saturated carbocycles. The molecule has 140 valence electrons. The Morgan fingerprint density at radius 1 is 1.40 bits per heavy atom. The van der Waals surface area contributed by atoms with E-state index in [-0.39, 0.29) is 18.4 Å². The van der Waals surface area contributed by atoms with Gasteiger partial charge < -0.3 is 14.9 Å². The number of carbonyl (C=O) groups is 1. The van der Waals surface area contributed by atoms with Gasteiger partial charge in [0.2, 0.25) is 5.91 Å². The number of aromatic nitrogens is 1. The van der Waals surface area contributed by atoms with Gasteiger partial charge in [-0.15, -0.1) is 0 Å². The van der Waals surface area contributed by atoms with E-state index in [2.05, 4.69) is 30.4 Å². The van der Waals surface area contributed by atoms with Crippen LogP contribution in [-0.4, -0.2) is 22.8 Å². The van der Waals surface area contributed by atoms with Crippen molar-refractivity contribution in [3.8, 4) is 0 Å². The van der Waals surface area contributed by atoms with Gasteiger partial charge in [-0.05, 0) is 32.1 Å². The quantitative estimate of drug-likeness (QED) is 0.687. The molecule has 1 amide bonds. The van der Waals surface area contributed by atoms with Crippen LogP contribution in [0.1, 0.15) is 66.6 Å². The molecule has 1 aliphatic carbocycles. The highest BCUT2D eigenvalue weighted by atomic mass is 16.5. The van der Waals surface area contributed by atoms with E-state index in [0.29, 0.717) is 11.6 Å². The lowest BCUT2D eigenvalue weighted by Gasteiger charge is -2.31. The van der Waals surface area contributed by atoms with Crippen molar-refractivity contribution >= 4 is 11.7 Å². The monoisotopic (exact) mass is 348 g/mol. The predicted molar refractivity (Wildman–Crippen MR) is 99.3 cm³/mol. The zero-order valence-electron chi connectivity index (χ0n) is 16.3. The molecule has 2 N–H and O–H groups in total. The molecule has 1 unspecified atom stereocenters. The first-order valence-electron chi connectivity index (χ1n) is 9.11. The second kappa shape index (κ2) is 7.32. The Morgan fingerprint density at radius 3 is 2.56 bits per heavy atom. The second-order valence-corrected chi connectivity index (χ2v) is 8.82. The smallest absolute Gasteiger partial charge is 0.231 e. The minimum atomic E-state index is -0.536. The summed E-state index contributed by atoms with van der Waals surface area (Å²) in [6.45, 7) is 11.8. The zero-order chi connectivity index (χ0) is 18.8. The third-order valence-corrected chi connectivity index (χ3v) is 5.14. The number of amides is 1. The number of anilines is 1. The van der Waals surface area contributed by atoms with E-state index in [1.54, 1.807) is 6.07 Å². The van der Waals surface area contributed by atoms with Crippen molar-refractivity contribution in [2.45, 2.75) is 66.2 Å². The standard InChI is InChI=1S/C20H32N2O3/c1-13(2)9-15(10-14-7-8-14)20(5,6)18(24)21-17-11-16(25-22-17)19(3,4)12-23/h9,11,14-15,23H,7-8,10,12H2,1-6H3,(H,21,22,24). The molecule has 1 heterocycles. The van der Waals surface area contributed by atoms with Crippen LogP contribution in [0.15, 0.2) is 22.2 Å². The largest absolute Gasteiger partial charge is 0.395 e. The summed E-state index contributed by atoms with van der Waals surface area (Å²) in [5.74, 6) is 1.85. The number of nitrogens with zero attached hydrogens (tertiary/aromatic N) is 1. The number of carbonyl (C=O) groups excluding carboxylic acids is 1. The van der Waals surface area contributed by atoms with Crippen molar-refractivity contribution in [3.63, 3.8) is 0 Å². The van der Waals surface area contributed by atoms with Gasteiger partial charge in [-0.1, -0.05) is 57.3 Å². The molecule has 0 bridgehead atoms. The van der Waals surface area contributed by atoms with Crippen molar-refractivity contribution in [1.29, 1.82) is 0 Å². The Morgan fingerprint density at radius 2 is 2.04 bits per heavy atom. The number of allylic oxidation sites excluding steroid dienone is 2. The van der Waals surface area contributed by atoms with E-state index in [9.17, 15) is 9.90 Å². The molecule has 1 aliphatic rings. The molecule has 1 aromatic heterocycles. The van der Waals surface area contributed by atoms with Gasteiger partial charge >= 0.3 is 0 Å². The van der Waals surface area contributed by atoms with E-state index in [1.807, 2.05) is 27.7 Å². The lowest BCUT2D eigenvalue weighted by Crippen LogP contribution is -2.37. The van der Waals surface area contributed by atoms with Gasteiger partial charge in [0.25, 0.3) is 0 Å². The van der Waals surface area contributed by atoms with E-state index >= 15 is 0 Å². The molecular formula is C20H32N2O3. The maximum absolute atomic E-state index is 12.9. The highest BCUT2D eigenvalue weighted by Gasteiger charge is 2.39. The van der Waals surface area contributed by atoms with Crippen molar-refractivity contribution in [2.75, 3.05) is 11.9 Å². The zero-order valence-corrected chi connectivity index (χ0v) is 16.3. The number of rotatable bonds is 8. The molecule has 25 heavy (non-hydrogen) atoms. The Hall–Kier alpha value is -1.62. The van der Waals surface area contributed by atoms with Gasteiger partial charge in [-0.25, -0.2) is 0 Å². The van der Waals surface area contributed by atoms with Crippen molar-refractivity contribution < 1.29 is 14.4 Å². The highest BCUT2D eigenvalue weighted by molar-refractivity contribution is 5.94. The van der Waals surface area contributed by atoms with Crippen molar-refractivity contribution in [2.24, 2.45) is 17.3 Å². The van der Waals surface area contributed by atoms with Gasteiger partial charge in [0.15, 0.2) is 5.82 Å². The van der Waals surface area contributed by atoms with Crippen LogP contribution in [0.25, 0.3) is 0 Å². The molecule has 0 aromatic carbocycles. The summed E-state index contributed by atoms with van der Waals surface area (Å²) < 4.78 is 5.30. The van der Waals surface area contributed by atoms with Crippen LogP contribution in [0.3, 0.4) is 0 Å². The molecule has 0 saturated heterocycles. The van der Waals surface area contributed by atoms with E-state index < -0.39 is 10.8 Å². The first-order chi connectivity index (χ1) is 11.6. The molecule has 5 heteroatoms. The maximum Gasteiger partial charge on any atom is 0.231 e. The first kappa shape index (κ1) is 19.7. The Bertz CT molecular complexity index is 635. The van der Waals surface area contributed by atoms with Gasteiger partial charge in [-0.2, -0.15) is 0 Å². The molecule has 1 atom stereocenters. The van der Waals surface area contributed by atoms with Gasteiger partial charge in [0.1, 0.15) is 5.76 Å². The Labute approximate surface area is 150 Å². The summed E-state index contributed by atoms with van der Waals surface area (Å²) in [5.41, 5.74) is 0.174. The van der Waals surface area contributed by atoms with E-state index in [0.717, 1.165) is 12.3 Å². The minimum Gasteiger partial charge on any atom is -0.395 e. The van der Waals surface area contributed by atoms with Crippen LogP contribution >= 0.6 is 0 Å². The van der Waals surface area contributed by atoms with Crippen LogP contribution in [-0.2, 0) is 10.2 Å². The molecule has 1 aromatic rings. The summed E-state index contributed by atoms with van der Waals surface area (Å²) in [6.07, 6.45) is 5.82. The highest BCUT2D eigenvalue weighted by Crippen LogP contribution is 2.42. The molecular weight excluding hydrogens is 316 g/mol. The lowest BCUT2D eigenvalue weighted by molar-refractivity contribution is -0.126. The minimum absolute atomic E-state index is 0.0505. The fourth-order valence-corrected chi connectivity index (χ4v) is 2.86. The summed E-state index contributed by atoms with van der Waals surface area (Å²) in [7, 11) is 0. The maximum atomic E-state index is 12.9. The van der Waals surface area contributed by atoms with E-state index in [4.69, 9.17) is 4.52 Å². The SMILES string of the molecule is CC(C)=CC(CC1CC1)C(C)(C)C(=O)Nc1cc(C(C)(C)CO)on1. The predicted octanol–water partition coefficient (Wildman–Crippen LogP) is 4.29. The molecule has 2 rings (SSSR count). The Balaban J connectivity index is 2.12. The van der Waals surface area contributed by atoms with Crippen LogP contribution < -0.4 is 5.32 Å². The fraction of sp³-hybridized carbons (Fsp3) is 0.700. The van der Waals surface area contributed by atoms with Crippen LogP contribution in [0.5, 0.6) is 0 Å². The number of aliphatic hydroxyl groups is 1. The lowest BCUT2D eigenvalue weighted by atomic mass is 9.74. The molecule has 1 fully saturated rings. The third-order valence-electron chi connectivity index (χ3n) is 5.14. The molecule has 0 radical (unpaired) electrons. The molecule has 5 nitrogen and oxygen atoms in total. The van der Waals surface area contributed by atoms with Crippen LogP contribution in [0.2, 0.25) is 0 Å². The number of hydrogen-bond donors (Lipinski definition) is 2. The van der Waals surface area contributed by atoms with Crippen molar-refractivity contribution in [3.05, 3.63) is 23.5 Å². The topological polar surface area (TPSA) is 75.4 Å². The first-order valence-corrected chi connectivity index (χ1v) is 9.11. The number of hydrogen-bond acceptors (Lipinski definition) is 4. The van der Waals surface area contributed by atoms with Gasteiger partial charge in [-0.3, -0.25) is 4.79 Å². The fourth-order valence-electron chi connectivity index (χ4n) is 2.86. The average Bonchev–Trinajstić information content (AvgIpc) is 3.21. The van der Waals surface area contributed by atoms with E-state index in [1.165, 1.54) is 18.4 Å². The van der Waals surface area contributed by atoms with Gasteiger partial charge in [0.05, 0.1) is 12.0 Å². The molecule has 0 spiro atoms. The summed E-state index contributed by atoms with van der Waals surface area (Å²) in [4.78, 5) is 12.9. The molecule has 0 aliphatic heterocycles. The summed E-state index contributed by atoms with van der Waals surface area (Å²) in [6, 6.07) is 1.70. The summed E-state index contributed by atoms with van der Waals surface area (Å²) in [5, 5.41) is 16.3. The number of nitrogens with one attached hydrogen (secondary N) is 1.